The molecule has 0 saturated carbocycles. The Morgan fingerprint density at radius 1 is 1.00 bits per heavy atom. The van der Waals surface area contributed by atoms with E-state index in [2.05, 4.69) is 12.2 Å². The van der Waals surface area contributed by atoms with Crippen LogP contribution in [0.5, 0.6) is 0 Å². The molecule has 0 atom stereocenters. The Bertz CT molecular complexity index is 1030. The highest BCUT2D eigenvalue weighted by Gasteiger charge is 2.32. The normalized spacial score (nSPS) is 11.9. The fourth-order valence-corrected chi connectivity index (χ4v) is 4.99. The van der Waals surface area contributed by atoms with Crippen LogP contribution < -0.4 is 9.62 Å². The van der Waals surface area contributed by atoms with Crippen LogP contribution in [0.1, 0.15) is 57.4 Å². The van der Waals surface area contributed by atoms with Crippen molar-refractivity contribution in [3.63, 3.8) is 0 Å². The van der Waals surface area contributed by atoms with Crippen LogP contribution in [0.15, 0.2) is 53.4 Å². The van der Waals surface area contributed by atoms with Gasteiger partial charge in [0.25, 0.3) is 10.0 Å². The quantitative estimate of drug-likeness (QED) is 0.311. The second-order valence-corrected chi connectivity index (χ2v) is 10.2. The molecular weight excluding hydrogens is 489 g/mol. The maximum absolute atomic E-state index is 13.3. The summed E-state index contributed by atoms with van der Waals surface area (Å²) < 4.78 is 67.1. The van der Waals surface area contributed by atoms with Crippen molar-refractivity contribution in [3.05, 3.63) is 59.1 Å². The first-order valence-electron chi connectivity index (χ1n) is 11.3. The van der Waals surface area contributed by atoms with E-state index in [-0.39, 0.29) is 29.6 Å². The van der Waals surface area contributed by atoms with E-state index in [4.69, 9.17) is 11.6 Å². The molecule has 188 valence electrons. The van der Waals surface area contributed by atoms with Gasteiger partial charge in [-0.3, -0.25) is 9.10 Å². The van der Waals surface area contributed by atoms with Gasteiger partial charge < -0.3 is 5.32 Å². The van der Waals surface area contributed by atoms with E-state index in [9.17, 15) is 26.4 Å². The Balaban J connectivity index is 2.13. The summed E-state index contributed by atoms with van der Waals surface area (Å²) >= 11 is 5.84. The summed E-state index contributed by atoms with van der Waals surface area (Å²) in [6.07, 6.45) is 1.86. The molecule has 0 fully saturated rings. The minimum atomic E-state index is -4.63. The fourth-order valence-electron chi connectivity index (χ4n) is 3.41. The van der Waals surface area contributed by atoms with Gasteiger partial charge in [0.05, 0.1) is 22.7 Å². The first-order valence-corrected chi connectivity index (χ1v) is 13.1. The third-order valence-electron chi connectivity index (χ3n) is 5.26. The SMILES string of the molecule is CCCCCCCCC(=O)NCCN(c1cccc(C(F)(F)F)c1)S(=O)(=O)c1ccc(Cl)cc1. The molecule has 0 heterocycles. The van der Waals surface area contributed by atoms with Crippen LogP contribution in [0.25, 0.3) is 0 Å². The zero-order chi connectivity index (χ0) is 25.2. The number of unbranched alkanes of at least 4 members (excludes halogenated alkanes) is 5. The first-order chi connectivity index (χ1) is 16.1. The van der Waals surface area contributed by atoms with E-state index in [0.717, 1.165) is 54.6 Å². The molecule has 0 bridgehead atoms. The third kappa shape index (κ3) is 8.51. The van der Waals surface area contributed by atoms with E-state index < -0.39 is 21.8 Å². The van der Waals surface area contributed by atoms with Crippen molar-refractivity contribution >= 4 is 33.2 Å². The molecule has 0 aliphatic carbocycles. The largest absolute Gasteiger partial charge is 0.416 e. The van der Waals surface area contributed by atoms with Crippen LogP contribution >= 0.6 is 11.6 Å². The van der Waals surface area contributed by atoms with Gasteiger partial charge in [-0.05, 0) is 48.9 Å². The van der Waals surface area contributed by atoms with Crippen molar-refractivity contribution in [1.29, 1.82) is 0 Å². The summed E-state index contributed by atoms with van der Waals surface area (Å²) in [7, 11) is -4.20. The zero-order valence-corrected chi connectivity index (χ0v) is 20.6. The van der Waals surface area contributed by atoms with E-state index in [0.29, 0.717) is 11.4 Å². The number of hydrogen-bond donors (Lipinski definition) is 1. The zero-order valence-electron chi connectivity index (χ0n) is 19.1. The molecule has 0 saturated heterocycles. The maximum Gasteiger partial charge on any atom is 0.416 e. The molecule has 1 amide bonds. The number of alkyl halides is 3. The summed E-state index contributed by atoms with van der Waals surface area (Å²) in [5, 5.41) is 3.00. The number of rotatable bonds is 13. The number of hydrogen-bond acceptors (Lipinski definition) is 3. The van der Waals surface area contributed by atoms with E-state index in [1.54, 1.807) is 0 Å². The Morgan fingerprint density at radius 3 is 2.29 bits per heavy atom. The lowest BCUT2D eigenvalue weighted by molar-refractivity contribution is -0.137. The van der Waals surface area contributed by atoms with Crippen LogP contribution in [-0.2, 0) is 21.0 Å². The summed E-state index contributed by atoms with van der Waals surface area (Å²) in [6, 6.07) is 9.46. The third-order valence-corrected chi connectivity index (χ3v) is 7.35. The summed E-state index contributed by atoms with van der Waals surface area (Å²) in [5.74, 6) is -0.219. The Morgan fingerprint density at radius 2 is 1.65 bits per heavy atom. The lowest BCUT2D eigenvalue weighted by Crippen LogP contribution is -2.38. The molecule has 34 heavy (non-hydrogen) atoms. The Labute approximate surface area is 204 Å². The van der Waals surface area contributed by atoms with Crippen molar-refractivity contribution in [2.45, 2.75) is 62.9 Å². The van der Waals surface area contributed by atoms with Crippen LogP contribution in [0, 0.1) is 0 Å². The van der Waals surface area contributed by atoms with Crippen LogP contribution in [0.4, 0.5) is 18.9 Å². The average Bonchev–Trinajstić information content (AvgIpc) is 2.78. The molecule has 0 aromatic heterocycles. The monoisotopic (exact) mass is 518 g/mol. The molecule has 1 N–H and O–H groups in total. The molecule has 10 heteroatoms. The van der Waals surface area contributed by atoms with E-state index >= 15 is 0 Å². The summed E-state index contributed by atoms with van der Waals surface area (Å²) in [5.41, 5.74) is -1.11. The molecule has 5 nitrogen and oxygen atoms in total. The summed E-state index contributed by atoms with van der Waals surface area (Å²) in [6.45, 7) is 1.86. The standard InChI is InChI=1S/C24H30ClF3N2O3S/c1-2-3-4-5-6-7-11-23(31)29-16-17-30(21-10-8-9-19(18-21)24(26,27)28)34(32,33)22-14-12-20(25)13-15-22/h8-10,12-15,18H,2-7,11,16-17H2,1H3,(H,29,31). The van der Waals surface area contributed by atoms with Crippen LogP contribution in [0.3, 0.4) is 0 Å². The van der Waals surface area contributed by atoms with Crippen molar-refractivity contribution in [1.82, 2.24) is 5.32 Å². The Hall–Kier alpha value is -2.26. The van der Waals surface area contributed by atoms with Crippen molar-refractivity contribution in [2.75, 3.05) is 17.4 Å². The fraction of sp³-hybridized carbons (Fsp3) is 0.458. The molecule has 0 aliphatic heterocycles. The molecule has 0 radical (unpaired) electrons. The lowest BCUT2D eigenvalue weighted by atomic mass is 10.1. The number of sulfonamides is 1. The van der Waals surface area contributed by atoms with Gasteiger partial charge in [-0.1, -0.05) is 56.7 Å². The van der Waals surface area contributed by atoms with Crippen molar-refractivity contribution in [2.24, 2.45) is 0 Å². The number of amides is 1. The first kappa shape index (κ1) is 28.0. The van der Waals surface area contributed by atoms with Gasteiger partial charge in [-0.25, -0.2) is 8.42 Å². The number of benzene rings is 2. The molecule has 2 rings (SSSR count). The van der Waals surface area contributed by atoms with Crippen molar-refractivity contribution in [3.8, 4) is 0 Å². The topological polar surface area (TPSA) is 66.5 Å². The number of halogens is 4. The smallest absolute Gasteiger partial charge is 0.354 e. The van der Waals surface area contributed by atoms with Gasteiger partial charge in [0.2, 0.25) is 5.91 Å². The second-order valence-electron chi connectivity index (χ2n) is 7.95. The molecule has 2 aromatic rings. The molecular formula is C24H30ClF3N2O3S. The lowest BCUT2D eigenvalue weighted by Gasteiger charge is -2.25. The number of nitrogens with zero attached hydrogens (tertiary/aromatic N) is 1. The molecule has 0 spiro atoms. The predicted molar refractivity (Wildman–Crippen MR) is 128 cm³/mol. The Kier molecular flexibility index (Phi) is 10.7. The number of anilines is 1. The predicted octanol–water partition coefficient (Wildman–Crippen LogP) is 6.42. The van der Waals surface area contributed by atoms with E-state index in [1.165, 1.54) is 36.8 Å². The molecule has 0 aliphatic rings. The van der Waals surface area contributed by atoms with Crippen molar-refractivity contribution < 1.29 is 26.4 Å². The number of carbonyl (C=O) groups excluding carboxylic acids is 1. The van der Waals surface area contributed by atoms with Gasteiger partial charge in [-0.2, -0.15) is 13.2 Å². The minimum Gasteiger partial charge on any atom is -0.354 e. The van der Waals surface area contributed by atoms with Gasteiger partial charge >= 0.3 is 6.18 Å². The van der Waals surface area contributed by atoms with Gasteiger partial charge in [0.1, 0.15) is 0 Å². The van der Waals surface area contributed by atoms with Crippen LogP contribution in [0.2, 0.25) is 5.02 Å². The van der Waals surface area contributed by atoms with Gasteiger partial charge in [0, 0.05) is 18.0 Å². The maximum atomic E-state index is 13.3. The van der Waals surface area contributed by atoms with Gasteiger partial charge in [-0.15, -0.1) is 0 Å². The number of nitrogens with one attached hydrogen (secondary N) is 1. The van der Waals surface area contributed by atoms with E-state index in [1.807, 2.05) is 0 Å². The average molecular weight is 519 g/mol. The highest BCUT2D eigenvalue weighted by atomic mass is 35.5. The highest BCUT2D eigenvalue weighted by molar-refractivity contribution is 7.92. The summed E-state index contributed by atoms with van der Waals surface area (Å²) in [4.78, 5) is 12.0. The highest BCUT2D eigenvalue weighted by Crippen LogP contribution is 2.33. The molecule has 2 aromatic carbocycles. The second kappa shape index (κ2) is 13.0. The minimum absolute atomic E-state index is 0.0439. The van der Waals surface area contributed by atoms with Gasteiger partial charge in [0.15, 0.2) is 0 Å². The number of carbonyl (C=O) groups is 1. The molecule has 0 unspecified atom stereocenters. The van der Waals surface area contributed by atoms with Crippen LogP contribution in [-0.4, -0.2) is 27.4 Å².